The Morgan fingerprint density at radius 2 is 0.833 bits per heavy atom. The van der Waals surface area contributed by atoms with E-state index in [0.717, 1.165) is 44.6 Å². The first-order valence-corrected chi connectivity index (χ1v) is 22.8. The molecule has 0 atom stereocenters. The molecule has 2 aromatic heterocycles. The fraction of sp³-hybridized carbons (Fsp3) is 0.0476. The van der Waals surface area contributed by atoms with Crippen LogP contribution >= 0.6 is 0 Å². The molecule has 0 saturated carbocycles. The zero-order valence-electron chi connectivity index (χ0n) is 36.7. The van der Waals surface area contributed by atoms with Crippen LogP contribution in [0.15, 0.2) is 235 Å². The van der Waals surface area contributed by atoms with E-state index in [4.69, 9.17) is 4.42 Å². The lowest BCUT2D eigenvalue weighted by Crippen LogP contribution is -2.14. The summed E-state index contributed by atoms with van der Waals surface area (Å²) in [6.07, 6.45) is 0. The third kappa shape index (κ3) is 5.97. The van der Waals surface area contributed by atoms with Crippen LogP contribution < -0.4 is 4.90 Å². The topological polar surface area (TPSA) is 21.3 Å². The van der Waals surface area contributed by atoms with Crippen LogP contribution in [0, 0.1) is 0 Å². The van der Waals surface area contributed by atoms with Gasteiger partial charge >= 0.3 is 0 Å². The van der Waals surface area contributed by atoms with Gasteiger partial charge in [0.1, 0.15) is 11.2 Å². The van der Waals surface area contributed by atoms with Crippen molar-refractivity contribution in [1.82, 2.24) is 4.57 Å². The molecule has 312 valence electrons. The van der Waals surface area contributed by atoms with Gasteiger partial charge in [-0.3, -0.25) is 0 Å². The van der Waals surface area contributed by atoms with Gasteiger partial charge in [-0.05, 0) is 117 Å². The first kappa shape index (κ1) is 38.1. The molecule has 0 aliphatic heterocycles. The molecule has 1 aliphatic carbocycles. The summed E-state index contributed by atoms with van der Waals surface area (Å²) in [5, 5.41) is 4.76. The summed E-state index contributed by atoms with van der Waals surface area (Å²) in [7, 11) is 0. The van der Waals surface area contributed by atoms with Crippen LogP contribution in [0.4, 0.5) is 17.1 Å². The van der Waals surface area contributed by atoms with E-state index in [-0.39, 0.29) is 5.41 Å². The van der Waals surface area contributed by atoms with Crippen LogP contribution in [0.5, 0.6) is 0 Å². The molecule has 3 heteroatoms. The molecule has 0 amide bonds. The number of hydrogen-bond acceptors (Lipinski definition) is 2. The number of hydrogen-bond donors (Lipinski definition) is 0. The lowest BCUT2D eigenvalue weighted by atomic mass is 9.81. The van der Waals surface area contributed by atoms with Crippen molar-refractivity contribution in [2.24, 2.45) is 0 Å². The maximum atomic E-state index is 6.43. The van der Waals surface area contributed by atoms with Crippen LogP contribution in [0.25, 0.3) is 93.9 Å². The molecule has 0 unspecified atom stereocenters. The van der Waals surface area contributed by atoms with Crippen molar-refractivity contribution in [1.29, 1.82) is 0 Å². The number of nitrogens with zero attached hydrogens (tertiary/aromatic N) is 2. The molecule has 66 heavy (non-hydrogen) atoms. The normalized spacial score (nSPS) is 12.8. The Kier molecular flexibility index (Phi) is 8.56. The van der Waals surface area contributed by atoms with Crippen LogP contribution in [-0.2, 0) is 5.41 Å². The molecule has 0 radical (unpaired) electrons. The number of benzene rings is 10. The minimum atomic E-state index is -0.0536. The summed E-state index contributed by atoms with van der Waals surface area (Å²) < 4.78 is 8.83. The lowest BCUT2D eigenvalue weighted by Gasteiger charge is -2.26. The molecule has 13 rings (SSSR count). The maximum Gasteiger partial charge on any atom is 0.137 e. The summed E-state index contributed by atoms with van der Waals surface area (Å²) in [6, 6.07) is 83.8. The van der Waals surface area contributed by atoms with E-state index < -0.39 is 0 Å². The van der Waals surface area contributed by atoms with E-state index >= 15 is 0 Å². The van der Waals surface area contributed by atoms with E-state index in [1.807, 2.05) is 12.1 Å². The fourth-order valence-electron chi connectivity index (χ4n) is 10.7. The van der Waals surface area contributed by atoms with E-state index in [9.17, 15) is 0 Å². The van der Waals surface area contributed by atoms with E-state index in [1.54, 1.807) is 0 Å². The summed E-state index contributed by atoms with van der Waals surface area (Å²) in [6.45, 7) is 4.69. The van der Waals surface area contributed by atoms with Crippen molar-refractivity contribution in [2.45, 2.75) is 19.3 Å². The van der Waals surface area contributed by atoms with Crippen molar-refractivity contribution in [2.75, 3.05) is 4.90 Å². The molecule has 1 aliphatic rings. The number of para-hydroxylation sites is 4. The highest BCUT2D eigenvalue weighted by Crippen LogP contribution is 2.50. The quantitative estimate of drug-likeness (QED) is 0.159. The predicted octanol–water partition coefficient (Wildman–Crippen LogP) is 17.5. The molecule has 0 spiro atoms. The number of furan rings is 1. The van der Waals surface area contributed by atoms with Gasteiger partial charge in [-0.2, -0.15) is 0 Å². The molecule has 10 aromatic carbocycles. The highest BCUT2D eigenvalue weighted by Gasteiger charge is 2.35. The predicted molar refractivity (Wildman–Crippen MR) is 277 cm³/mol. The Morgan fingerprint density at radius 1 is 0.348 bits per heavy atom. The van der Waals surface area contributed by atoms with Crippen molar-refractivity contribution in [3.63, 3.8) is 0 Å². The van der Waals surface area contributed by atoms with Crippen molar-refractivity contribution < 1.29 is 4.42 Å². The Bertz CT molecular complexity index is 3780. The zero-order valence-corrected chi connectivity index (χ0v) is 36.7. The molecule has 0 N–H and O–H groups in total. The molecule has 12 aromatic rings. The smallest absolute Gasteiger partial charge is 0.137 e. The Morgan fingerprint density at radius 3 is 1.53 bits per heavy atom. The Balaban J connectivity index is 0.848. The van der Waals surface area contributed by atoms with Gasteiger partial charge in [-0.1, -0.05) is 172 Å². The molecule has 3 nitrogen and oxygen atoms in total. The van der Waals surface area contributed by atoms with Crippen molar-refractivity contribution >= 4 is 60.8 Å². The van der Waals surface area contributed by atoms with Gasteiger partial charge in [0.15, 0.2) is 0 Å². The van der Waals surface area contributed by atoms with E-state index in [0.29, 0.717) is 0 Å². The third-order valence-corrected chi connectivity index (χ3v) is 14.0. The average Bonchev–Trinajstić information content (AvgIpc) is 3.99. The minimum absolute atomic E-state index is 0.0536. The second-order valence-electron chi connectivity index (χ2n) is 18.1. The summed E-state index contributed by atoms with van der Waals surface area (Å²) in [5.74, 6) is 0. The summed E-state index contributed by atoms with van der Waals surface area (Å²) in [4.78, 5) is 2.33. The van der Waals surface area contributed by atoms with Gasteiger partial charge in [0.05, 0.1) is 16.7 Å². The van der Waals surface area contributed by atoms with E-state index in [1.165, 1.54) is 77.6 Å². The fourth-order valence-corrected chi connectivity index (χ4v) is 10.7. The SMILES string of the molecule is CC1(C)c2ccccc2-c2ccc(-c3ccc(N(c4ccc(-c5ccc(-c6ccccc6-n6c7ccccc7c7ccccc76)cc5)cc4)c4ccc5c(c4)oc4ccccc45)cc3)cc21. The van der Waals surface area contributed by atoms with Crippen molar-refractivity contribution in [3.8, 4) is 50.2 Å². The van der Waals surface area contributed by atoms with Gasteiger partial charge in [-0.15, -0.1) is 0 Å². The number of anilines is 3. The van der Waals surface area contributed by atoms with Crippen molar-refractivity contribution in [3.05, 3.63) is 242 Å². The van der Waals surface area contributed by atoms with Gasteiger partial charge in [0.2, 0.25) is 0 Å². The monoisotopic (exact) mass is 844 g/mol. The highest BCUT2D eigenvalue weighted by molar-refractivity contribution is 6.10. The molecule has 0 bridgehead atoms. The zero-order chi connectivity index (χ0) is 43.9. The van der Waals surface area contributed by atoms with Gasteiger partial charge < -0.3 is 13.9 Å². The molecular formula is C63H44N2O. The number of fused-ring (bicyclic) bond motifs is 9. The molecule has 0 saturated heterocycles. The van der Waals surface area contributed by atoms with Crippen LogP contribution in [-0.4, -0.2) is 4.57 Å². The van der Waals surface area contributed by atoms with Gasteiger partial charge in [0.25, 0.3) is 0 Å². The number of rotatable bonds is 7. The van der Waals surface area contributed by atoms with Crippen LogP contribution in [0.3, 0.4) is 0 Å². The summed E-state index contributed by atoms with van der Waals surface area (Å²) >= 11 is 0. The van der Waals surface area contributed by atoms with Gasteiger partial charge in [0, 0.05) is 55.7 Å². The third-order valence-electron chi connectivity index (χ3n) is 14.0. The first-order valence-electron chi connectivity index (χ1n) is 22.8. The first-order chi connectivity index (χ1) is 32.5. The maximum absolute atomic E-state index is 6.43. The Hall–Kier alpha value is -8.40. The summed E-state index contributed by atoms with van der Waals surface area (Å²) in [5.41, 5.74) is 21.0. The minimum Gasteiger partial charge on any atom is -0.456 e. The second kappa shape index (κ2) is 14.8. The standard InChI is InChI=1S/C63H44N2O/c1-63(2)56-18-8-3-14-50(56)51-37-31-45(39-57(51)63)43-29-34-47(35-30-43)64(48-36-38-55-54-17-7-12-22-61(54)66-62(55)40-48)46-32-27-42(28-33-46)41-23-25-44(26-24-41)49-13-4-9-19-58(49)65-59-20-10-5-15-52(59)53-16-6-11-21-60(53)65/h3-40H,1-2H3. The Labute approximate surface area is 384 Å². The molecule has 2 heterocycles. The van der Waals surface area contributed by atoms with E-state index in [2.05, 4.69) is 242 Å². The number of aromatic nitrogens is 1. The highest BCUT2D eigenvalue weighted by atomic mass is 16.3. The van der Waals surface area contributed by atoms with Crippen LogP contribution in [0.2, 0.25) is 0 Å². The van der Waals surface area contributed by atoms with Gasteiger partial charge in [-0.25, -0.2) is 0 Å². The lowest BCUT2D eigenvalue weighted by molar-refractivity contribution is 0.660. The largest absolute Gasteiger partial charge is 0.456 e. The molecular weight excluding hydrogens is 801 g/mol. The molecule has 0 fully saturated rings. The average molecular weight is 845 g/mol. The van der Waals surface area contributed by atoms with Crippen LogP contribution in [0.1, 0.15) is 25.0 Å². The second-order valence-corrected chi connectivity index (χ2v) is 18.1.